The number of nitrogens with zero attached hydrogens (tertiary/aromatic N) is 2. The summed E-state index contributed by atoms with van der Waals surface area (Å²) in [6.45, 7) is 33.1. The second-order valence-corrected chi connectivity index (χ2v) is 32.2. The van der Waals surface area contributed by atoms with E-state index >= 15 is 0 Å². The van der Waals surface area contributed by atoms with E-state index in [4.69, 9.17) is 0 Å². The first-order valence-electron chi connectivity index (χ1n) is 22.3. The third-order valence-electron chi connectivity index (χ3n) is 13.1. The minimum absolute atomic E-state index is 0.0696. The van der Waals surface area contributed by atoms with Crippen LogP contribution in [0.15, 0.2) is 146 Å². The molecule has 0 unspecified atom stereocenters. The molecular formula is C57H66N2Si2. The summed E-state index contributed by atoms with van der Waals surface area (Å²) in [6.07, 6.45) is 0. The van der Waals surface area contributed by atoms with Gasteiger partial charge in [-0.2, -0.15) is 0 Å². The summed E-state index contributed by atoms with van der Waals surface area (Å²) in [5.41, 5.74) is 15.1. The lowest BCUT2D eigenvalue weighted by atomic mass is 9.81. The van der Waals surface area contributed by atoms with E-state index in [1.165, 1.54) is 88.7 Å². The fraction of sp³-hybridized carbons (Fsp3) is 0.298. The van der Waals surface area contributed by atoms with Crippen LogP contribution in [0.1, 0.15) is 77.6 Å². The molecule has 7 aromatic carbocycles. The van der Waals surface area contributed by atoms with E-state index in [1.807, 2.05) is 0 Å². The summed E-state index contributed by atoms with van der Waals surface area (Å²) in [6, 6.07) is 56.1. The Morgan fingerprint density at radius 1 is 0.410 bits per heavy atom. The maximum Gasteiger partial charge on any atom is 0.0775 e. The number of hydrogen-bond donors (Lipinski definition) is 0. The standard InChI is InChI=1S/C57H66N2Si2/c1-55(2,3)39-19-23-41(24-20-39)58(42-27-32-46(33-28-42)60(9,10)11)45-31-36-50-51(37-45)57(7,8)52-38-53(48-17-15-16-18-49(48)54(50)52)59(43-25-21-40(22-26-43)56(4,5)6)44-29-34-47(35-30-44)61(12,13)14/h15-38H,1-14H3. The van der Waals surface area contributed by atoms with E-state index in [1.54, 1.807) is 0 Å². The van der Waals surface area contributed by atoms with Crippen LogP contribution < -0.4 is 20.2 Å². The molecule has 0 fully saturated rings. The quantitative estimate of drug-likeness (QED) is 0.141. The van der Waals surface area contributed by atoms with Crippen molar-refractivity contribution in [2.75, 3.05) is 9.80 Å². The highest BCUT2D eigenvalue weighted by atomic mass is 28.3. The first-order valence-corrected chi connectivity index (χ1v) is 29.3. The van der Waals surface area contributed by atoms with Crippen molar-refractivity contribution in [3.05, 3.63) is 168 Å². The smallest absolute Gasteiger partial charge is 0.0775 e. The Bertz CT molecular complexity index is 2600. The summed E-state index contributed by atoms with van der Waals surface area (Å²) in [7, 11) is -2.96. The van der Waals surface area contributed by atoms with Crippen LogP contribution in [0.2, 0.25) is 39.3 Å². The van der Waals surface area contributed by atoms with Crippen LogP contribution >= 0.6 is 0 Å². The van der Waals surface area contributed by atoms with Gasteiger partial charge < -0.3 is 9.80 Å². The third kappa shape index (κ3) is 7.94. The molecule has 0 heterocycles. The van der Waals surface area contributed by atoms with Gasteiger partial charge in [0.2, 0.25) is 0 Å². The van der Waals surface area contributed by atoms with Gasteiger partial charge in [-0.3, -0.25) is 0 Å². The Labute approximate surface area is 369 Å². The Balaban J connectivity index is 1.31. The van der Waals surface area contributed by atoms with Crippen molar-refractivity contribution >= 4 is 71.4 Å². The molecule has 1 aliphatic rings. The normalized spacial score (nSPS) is 13.9. The van der Waals surface area contributed by atoms with Crippen molar-refractivity contribution < 1.29 is 0 Å². The lowest BCUT2D eigenvalue weighted by Gasteiger charge is -2.31. The molecule has 0 N–H and O–H groups in total. The van der Waals surface area contributed by atoms with Gasteiger partial charge in [0.25, 0.3) is 0 Å². The van der Waals surface area contributed by atoms with E-state index < -0.39 is 16.1 Å². The Morgan fingerprint density at radius 3 is 1.23 bits per heavy atom. The zero-order chi connectivity index (χ0) is 43.9. The third-order valence-corrected chi connectivity index (χ3v) is 17.2. The second-order valence-electron chi connectivity index (χ2n) is 22.1. The lowest BCUT2D eigenvalue weighted by Crippen LogP contribution is -2.37. The van der Waals surface area contributed by atoms with Gasteiger partial charge in [0.15, 0.2) is 0 Å². The van der Waals surface area contributed by atoms with Crippen LogP contribution in [0.5, 0.6) is 0 Å². The summed E-state index contributed by atoms with van der Waals surface area (Å²) in [4.78, 5) is 4.96. The molecule has 2 nitrogen and oxygen atoms in total. The van der Waals surface area contributed by atoms with Crippen LogP contribution in [-0.4, -0.2) is 16.1 Å². The van der Waals surface area contributed by atoms with Gasteiger partial charge >= 0.3 is 0 Å². The van der Waals surface area contributed by atoms with Crippen molar-refractivity contribution in [2.24, 2.45) is 0 Å². The van der Waals surface area contributed by atoms with E-state index in [9.17, 15) is 0 Å². The van der Waals surface area contributed by atoms with Gasteiger partial charge in [-0.1, -0.05) is 184 Å². The number of rotatable bonds is 8. The van der Waals surface area contributed by atoms with Gasteiger partial charge in [-0.25, -0.2) is 0 Å². The molecular weight excluding hydrogens is 769 g/mol. The van der Waals surface area contributed by atoms with Crippen LogP contribution in [0, 0.1) is 0 Å². The minimum atomic E-state index is -1.49. The van der Waals surface area contributed by atoms with Gasteiger partial charge in [0.1, 0.15) is 0 Å². The van der Waals surface area contributed by atoms with E-state index in [0.29, 0.717) is 0 Å². The average molecular weight is 835 g/mol. The van der Waals surface area contributed by atoms with E-state index in [-0.39, 0.29) is 16.2 Å². The van der Waals surface area contributed by atoms with E-state index in [0.717, 1.165) is 0 Å². The molecule has 0 bridgehead atoms. The zero-order valence-electron chi connectivity index (χ0n) is 39.3. The van der Waals surface area contributed by atoms with Crippen LogP contribution in [0.25, 0.3) is 21.9 Å². The fourth-order valence-corrected chi connectivity index (χ4v) is 11.5. The Kier molecular flexibility index (Phi) is 10.5. The van der Waals surface area contributed by atoms with Crippen molar-refractivity contribution in [1.82, 2.24) is 0 Å². The summed E-state index contributed by atoms with van der Waals surface area (Å²) in [5.74, 6) is 0. The topological polar surface area (TPSA) is 6.48 Å². The van der Waals surface area contributed by atoms with Crippen molar-refractivity contribution in [2.45, 2.75) is 111 Å². The molecule has 61 heavy (non-hydrogen) atoms. The Hall–Kier alpha value is -5.17. The highest BCUT2D eigenvalue weighted by Crippen LogP contribution is 2.56. The molecule has 312 valence electrons. The van der Waals surface area contributed by atoms with E-state index in [2.05, 4.69) is 250 Å². The van der Waals surface area contributed by atoms with Gasteiger partial charge in [0.05, 0.1) is 21.8 Å². The molecule has 0 radical (unpaired) electrons. The van der Waals surface area contributed by atoms with Crippen LogP contribution in [0.4, 0.5) is 34.1 Å². The fourth-order valence-electron chi connectivity index (χ4n) is 9.19. The summed E-state index contributed by atoms with van der Waals surface area (Å²) in [5, 5.41) is 5.49. The van der Waals surface area contributed by atoms with Crippen molar-refractivity contribution in [1.29, 1.82) is 0 Å². The average Bonchev–Trinajstić information content (AvgIpc) is 3.43. The van der Waals surface area contributed by atoms with Gasteiger partial charge in [0, 0.05) is 39.2 Å². The number of benzene rings is 7. The molecule has 8 rings (SSSR count). The lowest BCUT2D eigenvalue weighted by molar-refractivity contribution is 0.590. The maximum atomic E-state index is 2.51. The molecule has 7 aromatic rings. The monoisotopic (exact) mass is 834 g/mol. The predicted molar refractivity (Wildman–Crippen MR) is 274 cm³/mol. The number of anilines is 6. The maximum absolute atomic E-state index is 2.51. The molecule has 0 spiro atoms. The van der Waals surface area contributed by atoms with Crippen LogP contribution in [-0.2, 0) is 16.2 Å². The largest absolute Gasteiger partial charge is 0.310 e. The van der Waals surface area contributed by atoms with Gasteiger partial charge in [-0.15, -0.1) is 0 Å². The SMILES string of the molecule is CC(C)(C)c1ccc(N(c2ccc([Si](C)(C)C)cc2)c2ccc3c(c2)C(C)(C)c2cc(N(c4ccc(C(C)(C)C)cc4)c4ccc([Si](C)(C)C)cc4)c4ccccc4c2-3)cc1. The summed E-state index contributed by atoms with van der Waals surface area (Å²) >= 11 is 0. The molecule has 0 aromatic heterocycles. The minimum Gasteiger partial charge on any atom is -0.310 e. The zero-order valence-corrected chi connectivity index (χ0v) is 41.3. The number of fused-ring (bicyclic) bond motifs is 5. The highest BCUT2D eigenvalue weighted by Gasteiger charge is 2.39. The molecule has 0 atom stereocenters. The first kappa shape index (κ1) is 42.5. The predicted octanol–water partition coefficient (Wildman–Crippen LogP) is 15.8. The van der Waals surface area contributed by atoms with Crippen LogP contribution in [0.3, 0.4) is 0 Å². The molecule has 1 aliphatic carbocycles. The molecule has 0 amide bonds. The molecule has 0 saturated carbocycles. The Morgan fingerprint density at radius 2 is 0.803 bits per heavy atom. The molecule has 4 heteroatoms. The first-order chi connectivity index (χ1) is 28.5. The molecule has 0 saturated heterocycles. The highest BCUT2D eigenvalue weighted by molar-refractivity contribution is 6.89. The van der Waals surface area contributed by atoms with Crippen molar-refractivity contribution in [3.63, 3.8) is 0 Å². The molecule has 0 aliphatic heterocycles. The second kappa shape index (κ2) is 15.0. The summed E-state index contributed by atoms with van der Waals surface area (Å²) < 4.78 is 0. The van der Waals surface area contributed by atoms with Crippen molar-refractivity contribution in [3.8, 4) is 11.1 Å². The number of hydrogen-bond acceptors (Lipinski definition) is 2. The van der Waals surface area contributed by atoms with Gasteiger partial charge in [-0.05, 0) is 116 Å².